The fourth-order valence-corrected chi connectivity index (χ4v) is 2.62. The molecule has 0 aliphatic carbocycles. The minimum Gasteiger partial charge on any atom is -0.310 e. The third-order valence-corrected chi connectivity index (χ3v) is 3.89. The van der Waals surface area contributed by atoms with Crippen molar-refractivity contribution >= 4 is 0 Å². The van der Waals surface area contributed by atoms with Gasteiger partial charge in [-0.2, -0.15) is 0 Å². The van der Waals surface area contributed by atoms with Crippen LogP contribution in [0.2, 0.25) is 0 Å². The summed E-state index contributed by atoms with van der Waals surface area (Å²) in [6.45, 7) is 7.52. The second kappa shape index (κ2) is 7.25. The first kappa shape index (κ1) is 14.8. The quantitative estimate of drug-likeness (QED) is 0.807. The Morgan fingerprint density at radius 3 is 2.30 bits per heavy atom. The van der Waals surface area contributed by atoms with Crippen LogP contribution in [0.5, 0.6) is 0 Å². The highest BCUT2D eigenvalue weighted by molar-refractivity contribution is 5.27. The number of hydrogen-bond acceptors (Lipinski definition) is 1. The van der Waals surface area contributed by atoms with Crippen molar-refractivity contribution in [2.75, 3.05) is 6.54 Å². The molecule has 2 aromatic carbocycles. The molecule has 2 aromatic rings. The minimum absolute atomic E-state index is 0.445. The molecule has 1 unspecified atom stereocenters. The fourth-order valence-electron chi connectivity index (χ4n) is 2.62. The first-order valence-corrected chi connectivity index (χ1v) is 7.55. The topological polar surface area (TPSA) is 12.0 Å². The first-order valence-electron chi connectivity index (χ1n) is 7.55. The molecule has 1 heteroatoms. The van der Waals surface area contributed by atoms with Gasteiger partial charge in [0.05, 0.1) is 0 Å². The van der Waals surface area contributed by atoms with Crippen molar-refractivity contribution in [1.29, 1.82) is 0 Å². The molecular weight excluding hydrogens is 242 g/mol. The smallest absolute Gasteiger partial charge is 0.0323 e. The number of benzene rings is 2. The molecule has 0 bridgehead atoms. The molecule has 0 amide bonds. The summed E-state index contributed by atoms with van der Waals surface area (Å²) in [7, 11) is 0. The van der Waals surface area contributed by atoms with E-state index in [4.69, 9.17) is 0 Å². The van der Waals surface area contributed by atoms with E-state index >= 15 is 0 Å². The van der Waals surface area contributed by atoms with Crippen LogP contribution in [0.3, 0.4) is 0 Å². The van der Waals surface area contributed by atoms with Gasteiger partial charge in [-0.25, -0.2) is 0 Å². The predicted molar refractivity (Wildman–Crippen MR) is 87.1 cm³/mol. The molecule has 106 valence electrons. The van der Waals surface area contributed by atoms with E-state index in [0.717, 1.165) is 19.4 Å². The van der Waals surface area contributed by atoms with Gasteiger partial charge in [-0.15, -0.1) is 0 Å². The second-order valence-electron chi connectivity index (χ2n) is 5.49. The Balaban J connectivity index is 2.06. The molecular formula is C19H25N. The Morgan fingerprint density at radius 1 is 0.950 bits per heavy atom. The van der Waals surface area contributed by atoms with Crippen molar-refractivity contribution in [1.82, 2.24) is 5.32 Å². The summed E-state index contributed by atoms with van der Waals surface area (Å²) in [5.74, 6) is 0. The zero-order chi connectivity index (χ0) is 14.4. The molecule has 20 heavy (non-hydrogen) atoms. The number of rotatable bonds is 6. The van der Waals surface area contributed by atoms with E-state index in [0.29, 0.717) is 6.04 Å². The van der Waals surface area contributed by atoms with Gasteiger partial charge in [0.15, 0.2) is 0 Å². The van der Waals surface area contributed by atoms with Gasteiger partial charge in [0, 0.05) is 6.04 Å². The minimum atomic E-state index is 0.445. The van der Waals surface area contributed by atoms with Crippen molar-refractivity contribution in [3.63, 3.8) is 0 Å². The molecule has 0 saturated heterocycles. The normalized spacial score (nSPS) is 12.3. The number of hydrogen-bond donors (Lipinski definition) is 1. The molecule has 2 rings (SSSR count). The molecule has 0 aromatic heterocycles. The molecule has 0 radical (unpaired) electrons. The summed E-state index contributed by atoms with van der Waals surface area (Å²) in [6.07, 6.45) is 2.26. The van der Waals surface area contributed by atoms with Crippen LogP contribution in [0.25, 0.3) is 0 Å². The van der Waals surface area contributed by atoms with Gasteiger partial charge in [0.1, 0.15) is 0 Å². The van der Waals surface area contributed by atoms with E-state index < -0.39 is 0 Å². The molecule has 0 spiro atoms. The summed E-state index contributed by atoms with van der Waals surface area (Å²) in [5.41, 5.74) is 5.57. The van der Waals surface area contributed by atoms with E-state index in [2.05, 4.69) is 74.6 Å². The van der Waals surface area contributed by atoms with Crippen LogP contribution < -0.4 is 5.32 Å². The molecule has 0 aliphatic rings. The van der Waals surface area contributed by atoms with E-state index in [-0.39, 0.29) is 0 Å². The standard InChI is InChI=1S/C19H25N/c1-4-20-19(18-11-9-15(2)10-12-18)14-13-17-8-6-5-7-16(17)3/h5-12,19-20H,4,13-14H2,1-3H3. The Morgan fingerprint density at radius 2 is 1.65 bits per heavy atom. The third kappa shape index (κ3) is 3.94. The van der Waals surface area contributed by atoms with E-state index in [9.17, 15) is 0 Å². The van der Waals surface area contributed by atoms with Crippen LogP contribution in [0.4, 0.5) is 0 Å². The summed E-state index contributed by atoms with van der Waals surface area (Å²) >= 11 is 0. The highest BCUT2D eigenvalue weighted by Gasteiger charge is 2.10. The Kier molecular flexibility index (Phi) is 5.37. The summed E-state index contributed by atoms with van der Waals surface area (Å²) < 4.78 is 0. The molecule has 0 fully saturated rings. The zero-order valence-electron chi connectivity index (χ0n) is 12.8. The Bertz CT molecular complexity index is 528. The van der Waals surface area contributed by atoms with Gasteiger partial charge in [-0.3, -0.25) is 0 Å². The molecule has 1 N–H and O–H groups in total. The summed E-state index contributed by atoms with van der Waals surface area (Å²) in [4.78, 5) is 0. The second-order valence-corrected chi connectivity index (χ2v) is 5.49. The molecule has 0 saturated carbocycles. The highest BCUT2D eigenvalue weighted by Crippen LogP contribution is 2.21. The lowest BCUT2D eigenvalue weighted by atomic mass is 9.96. The lowest BCUT2D eigenvalue weighted by molar-refractivity contribution is 0.515. The maximum Gasteiger partial charge on any atom is 0.0323 e. The van der Waals surface area contributed by atoms with E-state index in [1.165, 1.54) is 22.3 Å². The van der Waals surface area contributed by atoms with Gasteiger partial charge in [0.25, 0.3) is 0 Å². The van der Waals surface area contributed by atoms with Gasteiger partial charge in [0.2, 0.25) is 0 Å². The Hall–Kier alpha value is -1.60. The fraction of sp³-hybridized carbons (Fsp3) is 0.368. The predicted octanol–water partition coefficient (Wildman–Crippen LogP) is 4.59. The number of aryl methyl sites for hydroxylation is 3. The first-order chi connectivity index (χ1) is 9.70. The lowest BCUT2D eigenvalue weighted by Crippen LogP contribution is -2.21. The largest absolute Gasteiger partial charge is 0.310 e. The van der Waals surface area contributed by atoms with Crippen LogP contribution in [0, 0.1) is 13.8 Å². The average molecular weight is 267 g/mol. The van der Waals surface area contributed by atoms with Crippen molar-refractivity contribution < 1.29 is 0 Å². The van der Waals surface area contributed by atoms with E-state index in [1.807, 2.05) is 0 Å². The van der Waals surface area contributed by atoms with E-state index in [1.54, 1.807) is 0 Å². The lowest BCUT2D eigenvalue weighted by Gasteiger charge is -2.19. The maximum atomic E-state index is 3.61. The van der Waals surface area contributed by atoms with Crippen LogP contribution >= 0.6 is 0 Å². The van der Waals surface area contributed by atoms with Crippen molar-refractivity contribution in [3.8, 4) is 0 Å². The summed E-state index contributed by atoms with van der Waals surface area (Å²) in [6, 6.07) is 18.0. The van der Waals surface area contributed by atoms with Crippen LogP contribution in [-0.4, -0.2) is 6.54 Å². The molecule has 0 heterocycles. The maximum absolute atomic E-state index is 3.61. The summed E-state index contributed by atoms with van der Waals surface area (Å²) in [5, 5.41) is 3.61. The SMILES string of the molecule is CCNC(CCc1ccccc1C)c1ccc(C)cc1. The molecule has 0 aliphatic heterocycles. The average Bonchev–Trinajstić information content (AvgIpc) is 2.46. The highest BCUT2D eigenvalue weighted by atomic mass is 14.9. The van der Waals surface area contributed by atoms with Crippen LogP contribution in [0.1, 0.15) is 41.6 Å². The monoisotopic (exact) mass is 267 g/mol. The van der Waals surface area contributed by atoms with Crippen LogP contribution in [-0.2, 0) is 6.42 Å². The zero-order valence-corrected chi connectivity index (χ0v) is 12.8. The van der Waals surface area contributed by atoms with Gasteiger partial charge >= 0.3 is 0 Å². The molecule has 1 nitrogen and oxygen atoms in total. The van der Waals surface area contributed by atoms with Gasteiger partial charge < -0.3 is 5.32 Å². The van der Waals surface area contributed by atoms with Gasteiger partial charge in [-0.05, 0) is 49.9 Å². The van der Waals surface area contributed by atoms with Crippen molar-refractivity contribution in [3.05, 3.63) is 70.8 Å². The third-order valence-electron chi connectivity index (χ3n) is 3.89. The van der Waals surface area contributed by atoms with Crippen molar-refractivity contribution in [2.24, 2.45) is 0 Å². The van der Waals surface area contributed by atoms with Crippen LogP contribution in [0.15, 0.2) is 48.5 Å². The van der Waals surface area contributed by atoms with Gasteiger partial charge in [-0.1, -0.05) is 61.0 Å². The number of nitrogens with one attached hydrogen (secondary N) is 1. The van der Waals surface area contributed by atoms with Crippen molar-refractivity contribution in [2.45, 2.75) is 39.7 Å². The Labute approximate surface area is 123 Å². The molecule has 1 atom stereocenters.